The van der Waals surface area contributed by atoms with E-state index in [0.29, 0.717) is 11.3 Å². The van der Waals surface area contributed by atoms with Gasteiger partial charge in [-0.3, -0.25) is 4.98 Å². The Kier molecular flexibility index (Phi) is 4.03. The fraction of sp³-hybridized carbons (Fsp3) is 0. The molecule has 2 heterocycles. The van der Waals surface area contributed by atoms with Crippen LogP contribution in [0.15, 0.2) is 91.3 Å². The van der Waals surface area contributed by atoms with Crippen molar-refractivity contribution in [3.63, 3.8) is 0 Å². The number of benzene rings is 3. The second-order valence-corrected chi connectivity index (χ2v) is 6.80. The van der Waals surface area contributed by atoms with Gasteiger partial charge in [-0.05, 0) is 22.9 Å². The third-order valence-electron chi connectivity index (χ3n) is 5.09. The molecule has 5 aromatic rings. The Bertz CT molecular complexity index is 1360. The van der Waals surface area contributed by atoms with Gasteiger partial charge in [0.2, 0.25) is 0 Å². The van der Waals surface area contributed by atoms with Gasteiger partial charge in [0.05, 0.1) is 16.8 Å². The number of fused-ring (bicyclic) bond motifs is 3. The molecule has 0 spiro atoms. The number of aromatic nitrogens is 2. The fourth-order valence-corrected chi connectivity index (χ4v) is 3.85. The van der Waals surface area contributed by atoms with E-state index >= 15 is 0 Å². The van der Waals surface area contributed by atoms with Crippen molar-refractivity contribution >= 4 is 27.6 Å². The van der Waals surface area contributed by atoms with Crippen LogP contribution in [0.4, 0.5) is 0 Å². The Morgan fingerprint density at radius 3 is 2.31 bits per heavy atom. The van der Waals surface area contributed by atoms with E-state index in [1.165, 1.54) is 0 Å². The summed E-state index contributed by atoms with van der Waals surface area (Å²) >= 11 is 0. The van der Waals surface area contributed by atoms with E-state index in [4.69, 9.17) is 4.98 Å². The van der Waals surface area contributed by atoms with Crippen LogP contribution >= 0.6 is 0 Å². The van der Waals surface area contributed by atoms with Gasteiger partial charge in [-0.15, -0.1) is 0 Å². The van der Waals surface area contributed by atoms with Crippen molar-refractivity contribution in [2.75, 3.05) is 0 Å². The van der Waals surface area contributed by atoms with Crippen LogP contribution in [0.25, 0.3) is 44.1 Å². The van der Waals surface area contributed by atoms with Crippen LogP contribution in [-0.4, -0.2) is 21.0 Å². The highest BCUT2D eigenvalue weighted by Crippen LogP contribution is 2.39. The first-order valence-electron chi connectivity index (χ1n) is 9.28. The van der Waals surface area contributed by atoms with Crippen LogP contribution in [0.3, 0.4) is 0 Å². The summed E-state index contributed by atoms with van der Waals surface area (Å²) in [5.41, 5.74) is 3.57. The van der Waals surface area contributed by atoms with Gasteiger partial charge in [-0.2, -0.15) is 0 Å². The maximum absolute atomic E-state index is 12.5. The Hall–Kier alpha value is -4.05. The summed E-state index contributed by atoms with van der Waals surface area (Å²) in [5.74, 6) is -1.01. The van der Waals surface area contributed by atoms with Gasteiger partial charge in [-0.25, -0.2) is 9.78 Å². The molecule has 0 radical (unpaired) electrons. The molecule has 0 aliphatic rings. The quantitative estimate of drug-likeness (QED) is 0.403. The number of rotatable bonds is 3. The number of hydrogen-bond donors (Lipinski definition) is 1. The summed E-state index contributed by atoms with van der Waals surface area (Å²) in [6.07, 6.45) is 3.39. The molecule has 138 valence electrons. The van der Waals surface area contributed by atoms with Crippen molar-refractivity contribution in [1.82, 2.24) is 9.97 Å². The summed E-state index contributed by atoms with van der Waals surface area (Å²) in [7, 11) is 0. The lowest BCUT2D eigenvalue weighted by atomic mass is 9.90. The minimum Gasteiger partial charge on any atom is -0.478 e. The number of aromatic carboxylic acids is 1. The molecule has 0 unspecified atom stereocenters. The van der Waals surface area contributed by atoms with Crippen molar-refractivity contribution in [2.45, 2.75) is 0 Å². The van der Waals surface area contributed by atoms with Crippen molar-refractivity contribution in [3.8, 4) is 22.4 Å². The van der Waals surface area contributed by atoms with E-state index < -0.39 is 5.97 Å². The molecule has 0 saturated heterocycles. The van der Waals surface area contributed by atoms with E-state index in [-0.39, 0.29) is 5.56 Å². The predicted molar refractivity (Wildman–Crippen MR) is 115 cm³/mol. The zero-order valence-corrected chi connectivity index (χ0v) is 15.4. The summed E-state index contributed by atoms with van der Waals surface area (Å²) in [6.45, 7) is 0. The Morgan fingerprint density at radius 2 is 1.55 bits per heavy atom. The van der Waals surface area contributed by atoms with Gasteiger partial charge in [0.25, 0.3) is 0 Å². The minimum atomic E-state index is -1.01. The molecule has 0 aliphatic heterocycles. The van der Waals surface area contributed by atoms with Gasteiger partial charge in [0.1, 0.15) is 0 Å². The van der Waals surface area contributed by atoms with E-state index in [1.807, 2.05) is 78.9 Å². The largest absolute Gasteiger partial charge is 0.478 e. The molecule has 0 amide bonds. The highest BCUT2D eigenvalue weighted by Gasteiger charge is 2.24. The summed E-state index contributed by atoms with van der Waals surface area (Å²) in [6, 6.07) is 25.1. The molecular weight excluding hydrogens is 360 g/mol. The Morgan fingerprint density at radius 1 is 0.793 bits per heavy atom. The number of carboxylic acid groups (broad SMARTS) is 1. The molecule has 0 fully saturated rings. The number of carbonyl (C=O) groups is 1. The lowest BCUT2D eigenvalue weighted by Gasteiger charge is -2.16. The molecular formula is C25H16N2O2. The molecule has 0 atom stereocenters. The van der Waals surface area contributed by atoms with Gasteiger partial charge in [-0.1, -0.05) is 66.7 Å². The zero-order valence-electron chi connectivity index (χ0n) is 15.4. The van der Waals surface area contributed by atoms with Crippen LogP contribution in [0, 0.1) is 0 Å². The minimum absolute atomic E-state index is 0.188. The van der Waals surface area contributed by atoms with Crippen molar-refractivity contribution in [3.05, 3.63) is 96.8 Å². The second kappa shape index (κ2) is 6.84. The third kappa shape index (κ3) is 2.82. The lowest BCUT2D eigenvalue weighted by molar-refractivity contribution is 0.0698. The molecule has 4 nitrogen and oxygen atoms in total. The van der Waals surface area contributed by atoms with Gasteiger partial charge in [0.15, 0.2) is 0 Å². The maximum atomic E-state index is 12.5. The third-order valence-corrected chi connectivity index (χ3v) is 5.09. The molecule has 0 saturated carbocycles. The predicted octanol–water partition coefficient (Wildman–Crippen LogP) is 5.82. The first-order valence-corrected chi connectivity index (χ1v) is 9.28. The van der Waals surface area contributed by atoms with Crippen molar-refractivity contribution < 1.29 is 9.90 Å². The Labute approximate surface area is 167 Å². The molecule has 29 heavy (non-hydrogen) atoms. The van der Waals surface area contributed by atoms with Crippen LogP contribution < -0.4 is 0 Å². The summed E-state index contributed by atoms with van der Waals surface area (Å²) in [4.78, 5) is 21.5. The summed E-state index contributed by atoms with van der Waals surface area (Å²) < 4.78 is 0. The molecule has 0 aliphatic carbocycles. The van der Waals surface area contributed by atoms with Gasteiger partial charge >= 0.3 is 5.97 Å². The summed E-state index contributed by atoms with van der Waals surface area (Å²) in [5, 5.41) is 13.1. The fourth-order valence-electron chi connectivity index (χ4n) is 3.85. The van der Waals surface area contributed by atoms with Crippen molar-refractivity contribution in [1.29, 1.82) is 0 Å². The highest BCUT2D eigenvalue weighted by atomic mass is 16.4. The molecule has 2 aromatic heterocycles. The van der Waals surface area contributed by atoms with Gasteiger partial charge < -0.3 is 5.11 Å². The molecule has 1 N–H and O–H groups in total. The number of pyridine rings is 2. The average molecular weight is 376 g/mol. The molecule has 5 rings (SSSR count). The number of carboxylic acids is 1. The number of nitrogens with zero attached hydrogens (tertiary/aromatic N) is 2. The van der Waals surface area contributed by atoms with Crippen LogP contribution in [0.2, 0.25) is 0 Å². The van der Waals surface area contributed by atoms with Crippen LogP contribution in [0.1, 0.15) is 10.4 Å². The normalized spacial score (nSPS) is 11.0. The molecule has 4 heteroatoms. The van der Waals surface area contributed by atoms with E-state index in [0.717, 1.165) is 32.8 Å². The second-order valence-electron chi connectivity index (χ2n) is 6.80. The monoisotopic (exact) mass is 376 g/mol. The van der Waals surface area contributed by atoms with E-state index in [2.05, 4.69) is 4.98 Å². The highest BCUT2D eigenvalue weighted by molar-refractivity contribution is 6.19. The molecule has 0 bridgehead atoms. The smallest absolute Gasteiger partial charge is 0.338 e. The standard InChI is InChI=1S/C25H16N2O2/c28-25(29)23-21(18-10-6-14-26-15-18)22-19-11-5-4-7-16(19)12-13-20(22)27-24(23)17-8-2-1-3-9-17/h1-15H,(H,28,29). The van der Waals surface area contributed by atoms with Crippen LogP contribution in [-0.2, 0) is 0 Å². The maximum Gasteiger partial charge on any atom is 0.338 e. The SMILES string of the molecule is O=C(O)c1c(-c2ccccc2)nc2ccc3ccccc3c2c1-c1cccnc1. The lowest BCUT2D eigenvalue weighted by Crippen LogP contribution is -2.06. The van der Waals surface area contributed by atoms with Crippen molar-refractivity contribution in [2.24, 2.45) is 0 Å². The van der Waals surface area contributed by atoms with Crippen LogP contribution in [0.5, 0.6) is 0 Å². The Balaban J connectivity index is 2.04. The first kappa shape index (κ1) is 17.1. The number of hydrogen-bond acceptors (Lipinski definition) is 3. The van der Waals surface area contributed by atoms with Gasteiger partial charge in [0, 0.05) is 34.5 Å². The average Bonchev–Trinajstić information content (AvgIpc) is 2.78. The zero-order chi connectivity index (χ0) is 19.8. The topological polar surface area (TPSA) is 63.1 Å². The molecule has 3 aromatic carbocycles. The van der Waals surface area contributed by atoms with E-state index in [1.54, 1.807) is 12.4 Å². The van der Waals surface area contributed by atoms with E-state index in [9.17, 15) is 9.90 Å². The first-order chi connectivity index (χ1) is 14.2.